The number of hydrogen-bond donors (Lipinski definition) is 1. The number of benzene rings is 2. The molecule has 4 aromatic rings. The molecule has 1 N–H and O–H groups in total. The van der Waals surface area contributed by atoms with Gasteiger partial charge in [-0.05, 0) is 50.2 Å². The molecule has 0 bridgehead atoms. The Balaban J connectivity index is 1.33. The molecular weight excluding hydrogens is 445 g/mol. The predicted octanol–water partition coefficient (Wildman–Crippen LogP) is 3.92. The van der Waals surface area contributed by atoms with Gasteiger partial charge in [0.05, 0.1) is 5.69 Å². The van der Waals surface area contributed by atoms with Crippen molar-refractivity contribution in [2.75, 3.05) is 11.9 Å². The highest BCUT2D eigenvalue weighted by molar-refractivity contribution is 7.98. The summed E-state index contributed by atoms with van der Waals surface area (Å²) in [5.41, 5.74) is 1.07. The van der Waals surface area contributed by atoms with Gasteiger partial charge in [-0.25, -0.2) is 9.37 Å². The molecule has 33 heavy (non-hydrogen) atoms. The molecule has 0 radical (unpaired) electrons. The molecule has 2 heterocycles. The smallest absolute Gasteiger partial charge is 0.274 e. The van der Waals surface area contributed by atoms with E-state index in [0.29, 0.717) is 22.9 Å². The van der Waals surface area contributed by atoms with Crippen LogP contribution in [-0.2, 0) is 10.5 Å². The van der Waals surface area contributed by atoms with Crippen LogP contribution < -0.4 is 15.6 Å². The van der Waals surface area contributed by atoms with Gasteiger partial charge in [0.1, 0.15) is 6.33 Å². The summed E-state index contributed by atoms with van der Waals surface area (Å²) >= 11 is 1.52. The van der Waals surface area contributed by atoms with Crippen molar-refractivity contribution in [2.24, 2.45) is 0 Å². The van der Waals surface area contributed by atoms with Crippen molar-refractivity contribution in [3.05, 3.63) is 82.8 Å². The van der Waals surface area contributed by atoms with Gasteiger partial charge in [-0.2, -0.15) is 9.50 Å². The summed E-state index contributed by atoms with van der Waals surface area (Å²) in [5, 5.41) is 2.71. The molecule has 8 nitrogen and oxygen atoms in total. The molecule has 0 spiro atoms. The van der Waals surface area contributed by atoms with E-state index >= 15 is 0 Å². The number of halogens is 1. The fourth-order valence-corrected chi connectivity index (χ4v) is 3.90. The van der Waals surface area contributed by atoms with Crippen LogP contribution in [0.5, 0.6) is 5.75 Å². The summed E-state index contributed by atoms with van der Waals surface area (Å²) in [6.45, 7) is 3.65. The number of carbonyl (C=O) groups excluding carboxylic acids is 1. The second-order valence-electron chi connectivity index (χ2n) is 7.50. The largest absolute Gasteiger partial charge is 0.481 e. The highest BCUT2D eigenvalue weighted by Gasteiger charge is 2.11. The van der Waals surface area contributed by atoms with Gasteiger partial charge in [-0.1, -0.05) is 12.1 Å². The first-order chi connectivity index (χ1) is 15.9. The molecule has 0 aliphatic heterocycles. The Morgan fingerprint density at radius 3 is 2.67 bits per heavy atom. The number of nitrogens with one attached hydrogen (secondary N) is 1. The molecule has 2 aromatic heterocycles. The molecule has 10 heteroatoms. The summed E-state index contributed by atoms with van der Waals surface area (Å²) in [7, 11) is 0. The van der Waals surface area contributed by atoms with Crippen LogP contribution in [0.4, 0.5) is 10.1 Å². The zero-order valence-electron chi connectivity index (χ0n) is 18.1. The third-order valence-corrected chi connectivity index (χ3v) is 5.75. The normalized spacial score (nSPS) is 11.2. The lowest BCUT2D eigenvalue weighted by Gasteiger charge is -2.09. The standard InChI is InChI=1S/C23H22FN5O3S/c1-15(2)28-14-25-23-27-17(11-22(31)29(23)28)13-33-18-9-7-16(8-10-18)26-21(30)12-32-20-6-4-3-5-19(20)24/h3-11,14-15H,12-13H2,1-2H3,(H,26,30). The van der Waals surface area contributed by atoms with E-state index in [4.69, 9.17) is 4.74 Å². The number of nitrogens with zero attached hydrogens (tertiary/aromatic N) is 4. The molecule has 0 aliphatic rings. The quantitative estimate of drug-likeness (QED) is 0.395. The fraction of sp³-hybridized carbons (Fsp3) is 0.217. The maximum Gasteiger partial charge on any atom is 0.274 e. The lowest BCUT2D eigenvalue weighted by molar-refractivity contribution is -0.118. The van der Waals surface area contributed by atoms with E-state index in [2.05, 4.69) is 15.3 Å². The van der Waals surface area contributed by atoms with E-state index < -0.39 is 11.7 Å². The number of carbonyl (C=O) groups is 1. The molecule has 0 saturated carbocycles. The fourth-order valence-electron chi connectivity index (χ4n) is 3.11. The lowest BCUT2D eigenvalue weighted by Crippen LogP contribution is -2.22. The maximum absolute atomic E-state index is 13.6. The van der Waals surface area contributed by atoms with E-state index in [-0.39, 0.29) is 24.0 Å². The predicted molar refractivity (Wildman–Crippen MR) is 124 cm³/mol. The Morgan fingerprint density at radius 1 is 1.18 bits per heavy atom. The number of rotatable bonds is 8. The monoisotopic (exact) mass is 467 g/mol. The molecule has 0 unspecified atom stereocenters. The first-order valence-corrected chi connectivity index (χ1v) is 11.2. The van der Waals surface area contributed by atoms with Gasteiger partial charge >= 0.3 is 0 Å². The SMILES string of the molecule is CC(C)n1cnc2nc(CSc3ccc(NC(=O)COc4ccccc4F)cc3)cc(=O)n21. The number of thioether (sulfide) groups is 1. The Bertz CT molecular complexity index is 1330. The van der Waals surface area contributed by atoms with Gasteiger partial charge in [0, 0.05) is 28.4 Å². The van der Waals surface area contributed by atoms with Crippen LogP contribution in [0, 0.1) is 5.82 Å². The minimum Gasteiger partial charge on any atom is -0.481 e. The summed E-state index contributed by atoms with van der Waals surface area (Å²) < 4.78 is 22.0. The average molecular weight is 468 g/mol. The summed E-state index contributed by atoms with van der Waals surface area (Å²) in [6, 6.07) is 14.8. The van der Waals surface area contributed by atoms with E-state index in [0.717, 1.165) is 4.90 Å². The van der Waals surface area contributed by atoms with Crippen LogP contribution in [0.15, 0.2) is 70.6 Å². The van der Waals surface area contributed by atoms with Gasteiger partial charge < -0.3 is 10.1 Å². The van der Waals surface area contributed by atoms with Crippen molar-refractivity contribution in [3.8, 4) is 5.75 Å². The van der Waals surface area contributed by atoms with Gasteiger partial charge in [-0.3, -0.25) is 14.3 Å². The van der Waals surface area contributed by atoms with Crippen molar-refractivity contribution in [1.82, 2.24) is 19.2 Å². The molecule has 0 fully saturated rings. The number of para-hydroxylation sites is 1. The van der Waals surface area contributed by atoms with E-state index in [1.54, 1.807) is 35.3 Å². The highest BCUT2D eigenvalue weighted by Crippen LogP contribution is 2.23. The molecule has 1 amide bonds. The van der Waals surface area contributed by atoms with Gasteiger partial charge in [0.25, 0.3) is 17.2 Å². The van der Waals surface area contributed by atoms with Crippen LogP contribution in [-0.4, -0.2) is 31.7 Å². The third kappa shape index (κ3) is 5.40. The number of anilines is 1. The highest BCUT2D eigenvalue weighted by atomic mass is 32.2. The van der Waals surface area contributed by atoms with E-state index in [1.165, 1.54) is 34.5 Å². The number of fused-ring (bicyclic) bond motifs is 1. The average Bonchev–Trinajstić information content (AvgIpc) is 3.23. The first kappa shape index (κ1) is 22.5. The van der Waals surface area contributed by atoms with Gasteiger partial charge in [-0.15, -0.1) is 11.8 Å². The number of amides is 1. The Hall–Kier alpha value is -3.66. The first-order valence-electron chi connectivity index (χ1n) is 10.3. The maximum atomic E-state index is 13.6. The van der Waals surface area contributed by atoms with Crippen LogP contribution in [0.3, 0.4) is 0 Å². The van der Waals surface area contributed by atoms with Gasteiger partial charge in [0.2, 0.25) is 0 Å². The minimum atomic E-state index is -0.517. The van der Waals surface area contributed by atoms with Crippen molar-refractivity contribution >= 4 is 29.1 Å². The zero-order valence-corrected chi connectivity index (χ0v) is 18.9. The number of hydrogen-bond acceptors (Lipinski definition) is 6. The molecule has 0 saturated heterocycles. The summed E-state index contributed by atoms with van der Waals surface area (Å²) in [6.07, 6.45) is 1.61. The lowest BCUT2D eigenvalue weighted by atomic mass is 10.3. The van der Waals surface area contributed by atoms with Crippen LogP contribution >= 0.6 is 11.8 Å². The Morgan fingerprint density at radius 2 is 1.94 bits per heavy atom. The van der Waals surface area contributed by atoms with Crippen LogP contribution in [0.25, 0.3) is 5.78 Å². The summed E-state index contributed by atoms with van der Waals surface area (Å²) in [5.74, 6) is 0.000611. The Kier molecular flexibility index (Phi) is 6.74. The second kappa shape index (κ2) is 9.86. The molecule has 2 aromatic carbocycles. The topological polar surface area (TPSA) is 90.5 Å². The number of aromatic nitrogens is 4. The zero-order chi connectivity index (χ0) is 23.4. The molecule has 0 aliphatic carbocycles. The molecule has 170 valence electrons. The van der Waals surface area contributed by atoms with Crippen LogP contribution in [0.2, 0.25) is 0 Å². The van der Waals surface area contributed by atoms with Crippen molar-refractivity contribution < 1.29 is 13.9 Å². The van der Waals surface area contributed by atoms with Gasteiger partial charge in [0.15, 0.2) is 18.2 Å². The second-order valence-corrected chi connectivity index (χ2v) is 8.54. The van der Waals surface area contributed by atoms with Crippen molar-refractivity contribution in [3.63, 3.8) is 0 Å². The Labute approximate surface area is 193 Å². The number of ether oxygens (including phenoxy) is 1. The van der Waals surface area contributed by atoms with E-state index in [9.17, 15) is 14.0 Å². The van der Waals surface area contributed by atoms with Crippen molar-refractivity contribution in [1.29, 1.82) is 0 Å². The third-order valence-electron chi connectivity index (χ3n) is 4.70. The van der Waals surface area contributed by atoms with E-state index in [1.807, 2.05) is 26.0 Å². The van der Waals surface area contributed by atoms with Crippen LogP contribution in [0.1, 0.15) is 25.6 Å². The minimum absolute atomic E-state index is 0.0294. The molecule has 4 rings (SSSR count). The van der Waals surface area contributed by atoms with Crippen molar-refractivity contribution in [2.45, 2.75) is 30.5 Å². The molecule has 0 atom stereocenters. The molecular formula is C23H22FN5O3S. The summed E-state index contributed by atoms with van der Waals surface area (Å²) in [4.78, 5) is 34.2.